The van der Waals surface area contributed by atoms with Crippen molar-refractivity contribution < 1.29 is 22.7 Å². The van der Waals surface area contributed by atoms with Crippen molar-refractivity contribution in [1.82, 2.24) is 15.2 Å². The number of carbonyl (C=O) groups excluding carboxylic acids is 2. The van der Waals surface area contributed by atoms with E-state index in [1.54, 1.807) is 0 Å². The molecule has 2 amide bonds. The molecule has 0 aromatic heterocycles. The summed E-state index contributed by atoms with van der Waals surface area (Å²) >= 11 is 5.73. The summed E-state index contributed by atoms with van der Waals surface area (Å²) in [6, 6.07) is 5.60. The van der Waals surface area contributed by atoms with Crippen LogP contribution in [0.1, 0.15) is 12.8 Å². The molecule has 0 aliphatic carbocycles. The number of sulfonamides is 1. The predicted octanol–water partition coefficient (Wildman–Crippen LogP) is 0.287. The molecular weight excluding hydrogens is 358 g/mol. The third-order valence-corrected chi connectivity index (χ3v) is 5.50. The van der Waals surface area contributed by atoms with Crippen LogP contribution in [0.2, 0.25) is 5.02 Å². The van der Waals surface area contributed by atoms with E-state index < -0.39 is 34.5 Å². The van der Waals surface area contributed by atoms with E-state index in [-0.39, 0.29) is 4.90 Å². The van der Waals surface area contributed by atoms with Crippen LogP contribution in [0.4, 0.5) is 0 Å². The molecule has 24 heavy (non-hydrogen) atoms. The predicted molar refractivity (Wildman–Crippen MR) is 86.5 cm³/mol. The van der Waals surface area contributed by atoms with Gasteiger partial charge in [0.2, 0.25) is 10.0 Å². The van der Waals surface area contributed by atoms with E-state index in [4.69, 9.17) is 16.3 Å². The van der Waals surface area contributed by atoms with Gasteiger partial charge in [0.1, 0.15) is 6.10 Å². The molecule has 0 bridgehead atoms. The number of likely N-dealkylation sites (N-methyl/N-ethyl adjacent to an activating group) is 1. The summed E-state index contributed by atoms with van der Waals surface area (Å²) < 4.78 is 30.7. The Morgan fingerprint density at radius 3 is 2.54 bits per heavy atom. The van der Waals surface area contributed by atoms with E-state index in [1.807, 2.05) is 0 Å². The quantitative estimate of drug-likeness (QED) is 0.719. The first-order valence-corrected chi connectivity index (χ1v) is 9.04. The molecule has 8 nitrogen and oxygen atoms in total. The zero-order valence-corrected chi connectivity index (χ0v) is 14.6. The highest BCUT2D eigenvalue weighted by Crippen LogP contribution is 2.17. The molecule has 1 heterocycles. The molecular formula is C14H18ClN3O5S. The van der Waals surface area contributed by atoms with Gasteiger partial charge in [-0.15, -0.1) is 0 Å². The molecule has 1 atom stereocenters. The molecule has 1 aliphatic rings. The number of halogens is 1. The number of nitrogens with zero attached hydrogens (tertiary/aromatic N) is 1. The third-order valence-electron chi connectivity index (χ3n) is 3.44. The average Bonchev–Trinajstić information content (AvgIpc) is 3.07. The van der Waals surface area contributed by atoms with E-state index in [0.717, 1.165) is 10.7 Å². The van der Waals surface area contributed by atoms with Gasteiger partial charge in [0.05, 0.1) is 11.4 Å². The molecule has 0 radical (unpaired) electrons. The number of hydrazine groups is 1. The second kappa shape index (κ2) is 7.93. The highest BCUT2D eigenvalue weighted by molar-refractivity contribution is 7.89. The molecule has 1 aliphatic heterocycles. The first-order chi connectivity index (χ1) is 11.3. The van der Waals surface area contributed by atoms with Crippen molar-refractivity contribution in [2.45, 2.75) is 23.8 Å². The molecule has 1 saturated heterocycles. The van der Waals surface area contributed by atoms with Gasteiger partial charge in [-0.2, -0.15) is 4.31 Å². The summed E-state index contributed by atoms with van der Waals surface area (Å²) in [4.78, 5) is 23.5. The lowest BCUT2D eigenvalue weighted by Crippen LogP contribution is -2.49. The van der Waals surface area contributed by atoms with E-state index >= 15 is 0 Å². The van der Waals surface area contributed by atoms with Gasteiger partial charge < -0.3 is 4.74 Å². The van der Waals surface area contributed by atoms with Crippen LogP contribution >= 0.6 is 11.6 Å². The van der Waals surface area contributed by atoms with E-state index in [1.165, 1.54) is 31.3 Å². The van der Waals surface area contributed by atoms with E-state index in [2.05, 4.69) is 10.9 Å². The van der Waals surface area contributed by atoms with Crippen LogP contribution in [-0.4, -0.2) is 50.8 Å². The Morgan fingerprint density at radius 1 is 1.29 bits per heavy atom. The standard InChI is InChI=1S/C14H18ClN3O5S/c1-18(24(21,22)11-6-4-10(15)5-7-11)9-13(19)16-17-14(20)12-3-2-8-23-12/h4-7,12H,2-3,8-9H2,1H3,(H,16,19)(H,17,20)/t12-/m0/s1. The monoisotopic (exact) mass is 375 g/mol. The van der Waals surface area contributed by atoms with Crippen LogP contribution in [0.25, 0.3) is 0 Å². The number of ether oxygens (including phenoxy) is 1. The zero-order valence-electron chi connectivity index (χ0n) is 13.0. The van der Waals surface area contributed by atoms with Gasteiger partial charge in [0.25, 0.3) is 11.8 Å². The van der Waals surface area contributed by atoms with Crippen molar-refractivity contribution in [3.05, 3.63) is 29.3 Å². The second-order valence-electron chi connectivity index (χ2n) is 5.25. The lowest BCUT2D eigenvalue weighted by molar-refractivity contribution is -0.134. The highest BCUT2D eigenvalue weighted by atomic mass is 35.5. The first kappa shape index (κ1) is 18.7. The van der Waals surface area contributed by atoms with E-state index in [9.17, 15) is 18.0 Å². The number of rotatable bonds is 5. The summed E-state index contributed by atoms with van der Waals surface area (Å²) in [6.45, 7) is 0.0604. The van der Waals surface area contributed by atoms with Crippen LogP contribution < -0.4 is 10.9 Å². The molecule has 1 fully saturated rings. The zero-order chi connectivity index (χ0) is 17.7. The fraction of sp³-hybridized carbons (Fsp3) is 0.429. The minimum Gasteiger partial charge on any atom is -0.368 e. The summed E-state index contributed by atoms with van der Waals surface area (Å²) in [5.74, 6) is -1.12. The third kappa shape index (κ3) is 4.67. The van der Waals surface area contributed by atoms with Crippen LogP contribution in [0.15, 0.2) is 29.2 Å². The van der Waals surface area contributed by atoms with Gasteiger partial charge in [-0.05, 0) is 37.1 Å². The van der Waals surface area contributed by atoms with E-state index in [0.29, 0.717) is 18.1 Å². The maximum absolute atomic E-state index is 12.3. The number of hydrogen-bond donors (Lipinski definition) is 2. The van der Waals surface area contributed by atoms with Gasteiger partial charge in [-0.3, -0.25) is 20.4 Å². The fourth-order valence-electron chi connectivity index (χ4n) is 2.11. The smallest absolute Gasteiger partial charge is 0.267 e. The van der Waals surface area contributed by atoms with Gasteiger partial charge >= 0.3 is 0 Å². The van der Waals surface area contributed by atoms with Gasteiger partial charge in [0, 0.05) is 18.7 Å². The molecule has 0 saturated carbocycles. The molecule has 2 rings (SSSR count). The molecule has 132 valence electrons. The summed E-state index contributed by atoms with van der Waals surface area (Å²) in [7, 11) is -2.56. The van der Waals surface area contributed by atoms with Gasteiger partial charge in [-0.25, -0.2) is 8.42 Å². The van der Waals surface area contributed by atoms with Crippen LogP contribution in [0.3, 0.4) is 0 Å². The minimum absolute atomic E-state index is 0.0191. The molecule has 0 unspecified atom stereocenters. The Kier molecular flexibility index (Phi) is 6.16. The summed E-state index contributed by atoms with van der Waals surface area (Å²) in [6.07, 6.45) is 0.793. The Balaban J connectivity index is 1.88. The molecule has 10 heteroatoms. The van der Waals surface area contributed by atoms with Crippen molar-refractivity contribution in [3.63, 3.8) is 0 Å². The second-order valence-corrected chi connectivity index (χ2v) is 7.74. The summed E-state index contributed by atoms with van der Waals surface area (Å²) in [5, 5.41) is 0.409. The minimum atomic E-state index is -3.83. The van der Waals surface area contributed by atoms with Gasteiger partial charge in [0.15, 0.2) is 0 Å². The van der Waals surface area contributed by atoms with Crippen molar-refractivity contribution in [2.24, 2.45) is 0 Å². The Labute approximate surface area is 145 Å². The summed E-state index contributed by atoms with van der Waals surface area (Å²) in [5.41, 5.74) is 4.40. The van der Waals surface area contributed by atoms with Crippen LogP contribution in [0.5, 0.6) is 0 Å². The molecule has 1 aromatic carbocycles. The van der Waals surface area contributed by atoms with Crippen molar-refractivity contribution >= 4 is 33.4 Å². The number of nitrogens with one attached hydrogen (secondary N) is 2. The first-order valence-electron chi connectivity index (χ1n) is 7.23. The normalized spacial score (nSPS) is 17.7. The lowest BCUT2D eigenvalue weighted by Gasteiger charge is -2.17. The molecule has 0 spiro atoms. The number of hydrogen-bond acceptors (Lipinski definition) is 5. The fourth-order valence-corrected chi connectivity index (χ4v) is 3.36. The van der Waals surface area contributed by atoms with Crippen LogP contribution in [-0.2, 0) is 24.3 Å². The largest absolute Gasteiger partial charge is 0.368 e. The van der Waals surface area contributed by atoms with Crippen molar-refractivity contribution in [2.75, 3.05) is 20.2 Å². The lowest BCUT2D eigenvalue weighted by atomic mass is 10.2. The van der Waals surface area contributed by atoms with Crippen LogP contribution in [0, 0.1) is 0 Å². The topological polar surface area (TPSA) is 105 Å². The van der Waals surface area contributed by atoms with Gasteiger partial charge in [-0.1, -0.05) is 11.6 Å². The number of benzene rings is 1. The van der Waals surface area contributed by atoms with Crippen molar-refractivity contribution in [1.29, 1.82) is 0 Å². The number of amides is 2. The maximum Gasteiger partial charge on any atom is 0.267 e. The highest BCUT2D eigenvalue weighted by Gasteiger charge is 2.25. The average molecular weight is 376 g/mol. The molecule has 1 aromatic rings. The van der Waals surface area contributed by atoms with Crippen molar-refractivity contribution in [3.8, 4) is 0 Å². The number of carbonyl (C=O) groups is 2. The Bertz CT molecular complexity index is 702. The maximum atomic E-state index is 12.3. The Morgan fingerprint density at radius 2 is 1.96 bits per heavy atom. The SMILES string of the molecule is CN(CC(=O)NNC(=O)[C@@H]1CCCO1)S(=O)(=O)c1ccc(Cl)cc1. The Hall–Kier alpha value is -1.68. The molecule has 2 N–H and O–H groups in total.